The Balaban J connectivity index is 0. The molecule has 0 spiro atoms. The number of Topliss-reactive ketones (excluding diaryl/α,β-unsaturated/α-hetero) is 1. The van der Waals surface area contributed by atoms with Crippen molar-refractivity contribution in [1.82, 2.24) is 0 Å². The van der Waals surface area contributed by atoms with Crippen LogP contribution < -0.4 is 0 Å². The van der Waals surface area contributed by atoms with Crippen molar-refractivity contribution in [2.75, 3.05) is 0 Å². The van der Waals surface area contributed by atoms with Gasteiger partial charge in [0.2, 0.25) is 0 Å². The molecule has 0 saturated heterocycles. The maximum atomic E-state index is 10.2. The van der Waals surface area contributed by atoms with E-state index in [1.807, 2.05) is 41.5 Å². The summed E-state index contributed by atoms with van der Waals surface area (Å²) in [7, 11) is 0. The van der Waals surface area contributed by atoms with Gasteiger partial charge in [-0.15, -0.1) is 0 Å². The minimum atomic E-state index is -2.18. The third-order valence-electron chi connectivity index (χ3n) is 1.98. The fraction of sp³-hybridized carbons (Fsp3) is 0.857. The summed E-state index contributed by atoms with van der Waals surface area (Å²) in [5.41, 5.74) is 0. The number of carbonyl (C=O) groups excluding carboxylic acids is 1. The molecule has 0 saturated carbocycles. The summed E-state index contributed by atoms with van der Waals surface area (Å²) in [4.78, 5) is 20.1. The number of carboxylic acid groups (broad SMARTS) is 1. The molecule has 0 aliphatic heterocycles. The van der Waals surface area contributed by atoms with Crippen LogP contribution in [-0.2, 0) is 38.6 Å². The van der Waals surface area contributed by atoms with Crippen molar-refractivity contribution in [3.63, 3.8) is 0 Å². The number of rotatable bonds is 8. The molecule has 0 radical (unpaired) electrons. The fourth-order valence-electron chi connectivity index (χ4n) is 0.835. The van der Waals surface area contributed by atoms with Crippen LogP contribution in [0.15, 0.2) is 0 Å². The summed E-state index contributed by atoms with van der Waals surface area (Å²) < 4.78 is 16.8. The van der Waals surface area contributed by atoms with Gasteiger partial charge < -0.3 is 5.11 Å². The molecule has 0 aromatic carbocycles. The van der Waals surface area contributed by atoms with Crippen LogP contribution in [0.4, 0.5) is 0 Å². The van der Waals surface area contributed by atoms with Crippen LogP contribution in [0.3, 0.4) is 0 Å². The maximum absolute atomic E-state index is 10.2. The molecule has 1 atom stereocenters. The molecule has 0 aliphatic rings. The summed E-state index contributed by atoms with van der Waals surface area (Å²) in [6, 6.07) is 0. The van der Waals surface area contributed by atoms with Gasteiger partial charge in [0.25, 0.3) is 0 Å². The van der Waals surface area contributed by atoms with Gasteiger partial charge in [0.05, 0.1) is 0 Å². The summed E-state index contributed by atoms with van der Waals surface area (Å²) >= 11 is -2.18. The van der Waals surface area contributed by atoms with Crippen molar-refractivity contribution in [3.8, 4) is 0 Å². The van der Waals surface area contributed by atoms with Gasteiger partial charge >= 0.3 is 94.8 Å². The molecule has 0 aromatic heterocycles. The number of aliphatic carboxylic acids is 1. The van der Waals surface area contributed by atoms with Crippen LogP contribution in [0, 0.1) is 5.92 Å². The predicted octanol–water partition coefficient (Wildman–Crippen LogP) is 2.92. The molecular formula is C14H29O6Ti. The fourth-order valence-corrected chi connectivity index (χ4v) is 2.90. The topological polar surface area (TPSA) is 82.1 Å². The molecule has 0 fully saturated rings. The number of hydrogen-bond donors (Lipinski definition) is 1. The van der Waals surface area contributed by atoms with Crippen molar-refractivity contribution in [2.24, 2.45) is 5.92 Å². The van der Waals surface area contributed by atoms with E-state index in [4.69, 9.17) is 15.1 Å². The van der Waals surface area contributed by atoms with Gasteiger partial charge in [-0.05, 0) is 13.8 Å². The molecule has 0 amide bonds. The zero-order valence-corrected chi connectivity index (χ0v) is 15.9. The Kier molecular flexibility index (Phi) is 13.5. The Morgan fingerprint density at radius 3 is 1.19 bits per heavy atom. The monoisotopic (exact) mass is 341 g/mol. The third kappa shape index (κ3) is 15.9. The Morgan fingerprint density at radius 1 is 0.810 bits per heavy atom. The molecule has 6 nitrogen and oxygen atoms in total. The van der Waals surface area contributed by atoms with E-state index < -0.39 is 30.9 Å². The molecule has 7 heteroatoms. The van der Waals surface area contributed by atoms with Crippen LogP contribution in [0.25, 0.3) is 0 Å². The zero-order valence-electron chi connectivity index (χ0n) is 14.3. The summed E-state index contributed by atoms with van der Waals surface area (Å²) in [6.07, 6.45) is 0.562. The standard InChI is InChI=1S/C5H8O3.3C3H7O.Ti/c1-3(4(2)6)5(7)8;3*1-3(2)4;/h3H,1-2H3,(H,7,8);3*3H,1-2H3;/q;3*-1;+3. The van der Waals surface area contributed by atoms with Gasteiger partial charge in [-0.25, -0.2) is 0 Å². The van der Waals surface area contributed by atoms with E-state index in [1.165, 1.54) is 13.8 Å². The van der Waals surface area contributed by atoms with Gasteiger partial charge in [-0.1, -0.05) is 0 Å². The average molecular weight is 341 g/mol. The predicted molar refractivity (Wildman–Crippen MR) is 76.1 cm³/mol. The van der Waals surface area contributed by atoms with E-state index in [-0.39, 0.29) is 24.1 Å². The Labute approximate surface area is 135 Å². The number of carbonyl (C=O) groups is 2. The molecule has 0 aliphatic carbocycles. The van der Waals surface area contributed by atoms with Gasteiger partial charge in [0.15, 0.2) is 0 Å². The summed E-state index contributed by atoms with van der Waals surface area (Å²) in [6.45, 7) is 14.6. The molecule has 0 aromatic rings. The van der Waals surface area contributed by atoms with Crippen LogP contribution in [0.2, 0.25) is 0 Å². The minimum absolute atomic E-state index is 0.187. The molecule has 0 rings (SSSR count). The molecule has 21 heavy (non-hydrogen) atoms. The molecule has 1 unspecified atom stereocenters. The van der Waals surface area contributed by atoms with Crippen LogP contribution in [-0.4, -0.2) is 35.2 Å². The van der Waals surface area contributed by atoms with E-state index in [9.17, 15) is 9.59 Å². The average Bonchev–Trinajstić information content (AvgIpc) is 2.25. The van der Waals surface area contributed by atoms with Gasteiger partial charge in [-0.2, -0.15) is 0 Å². The second-order valence-corrected chi connectivity index (χ2v) is 7.31. The molecular weight excluding hydrogens is 312 g/mol. The first kappa shape index (κ1) is 23.0. The van der Waals surface area contributed by atoms with Crippen molar-refractivity contribution < 1.29 is 43.7 Å². The van der Waals surface area contributed by atoms with Crippen LogP contribution in [0.5, 0.6) is 0 Å². The SMILES string of the molecule is CC(=O)C(C)C(=O)O.CC(C)[O][Ti]([O]C(C)C)[O]C(C)C. The van der Waals surface area contributed by atoms with Crippen LogP contribution >= 0.6 is 0 Å². The molecule has 0 heterocycles. The molecule has 0 bridgehead atoms. The second-order valence-electron chi connectivity index (χ2n) is 5.42. The Morgan fingerprint density at radius 2 is 1.10 bits per heavy atom. The molecule has 125 valence electrons. The van der Waals surface area contributed by atoms with Crippen molar-refractivity contribution in [1.29, 1.82) is 0 Å². The normalized spacial score (nSPS) is 12.1. The van der Waals surface area contributed by atoms with Crippen molar-refractivity contribution >= 4 is 11.8 Å². The summed E-state index contributed by atoms with van der Waals surface area (Å²) in [5.74, 6) is -2.22. The first-order chi connectivity index (χ1) is 9.47. The molecule has 1 N–H and O–H groups in total. The number of carboxylic acids is 1. The third-order valence-corrected chi connectivity index (χ3v) is 5.09. The van der Waals surface area contributed by atoms with Gasteiger partial charge in [-0.3, -0.25) is 9.59 Å². The van der Waals surface area contributed by atoms with Gasteiger partial charge in [0.1, 0.15) is 11.7 Å². The van der Waals surface area contributed by atoms with Gasteiger partial charge in [0, 0.05) is 0 Å². The van der Waals surface area contributed by atoms with E-state index in [0.29, 0.717) is 0 Å². The Bertz CT molecular complexity index is 266. The quantitative estimate of drug-likeness (QED) is 0.540. The summed E-state index contributed by atoms with van der Waals surface area (Å²) in [5, 5.41) is 8.13. The van der Waals surface area contributed by atoms with E-state index in [1.54, 1.807) is 0 Å². The van der Waals surface area contributed by atoms with Crippen LogP contribution in [0.1, 0.15) is 55.4 Å². The van der Waals surface area contributed by atoms with Crippen molar-refractivity contribution in [3.05, 3.63) is 0 Å². The number of ketones is 1. The van der Waals surface area contributed by atoms with E-state index in [2.05, 4.69) is 0 Å². The number of hydrogen-bond acceptors (Lipinski definition) is 5. The Hall–Kier alpha value is -0.266. The van der Waals surface area contributed by atoms with Crippen molar-refractivity contribution in [2.45, 2.75) is 73.7 Å². The second kappa shape index (κ2) is 12.3. The van der Waals surface area contributed by atoms with E-state index >= 15 is 0 Å². The zero-order chi connectivity index (χ0) is 17.2. The first-order valence-electron chi connectivity index (χ1n) is 7.07. The first-order valence-corrected chi connectivity index (χ1v) is 8.98. The van der Waals surface area contributed by atoms with E-state index in [0.717, 1.165) is 0 Å².